The summed E-state index contributed by atoms with van der Waals surface area (Å²) in [5, 5.41) is 2.94. The summed E-state index contributed by atoms with van der Waals surface area (Å²) in [5.74, 6) is 1.59. The van der Waals surface area contributed by atoms with Gasteiger partial charge in [0.25, 0.3) is 0 Å². The van der Waals surface area contributed by atoms with Crippen molar-refractivity contribution in [2.45, 2.75) is 45.4 Å². The largest absolute Gasteiger partial charge is 0.355 e. The first-order chi connectivity index (χ1) is 6.93. The van der Waals surface area contributed by atoms with Crippen LogP contribution in [0.2, 0.25) is 0 Å². The van der Waals surface area contributed by atoms with Crippen LogP contribution in [0.3, 0.4) is 0 Å². The third-order valence-corrected chi connectivity index (χ3v) is 3.43. The van der Waals surface area contributed by atoms with Gasteiger partial charge in [-0.3, -0.25) is 4.79 Å². The van der Waals surface area contributed by atoms with Crippen molar-refractivity contribution in [1.82, 2.24) is 5.32 Å². The Morgan fingerprint density at radius 3 is 2.40 bits per heavy atom. The predicted molar refractivity (Wildman–Crippen MR) is 68.0 cm³/mol. The minimum atomic E-state index is 0.00293. The van der Waals surface area contributed by atoms with Crippen molar-refractivity contribution in [1.29, 1.82) is 0 Å². The van der Waals surface area contributed by atoms with E-state index in [-0.39, 0.29) is 17.2 Å². The number of hydrogen-bond acceptors (Lipinski definition) is 3. The Balaban J connectivity index is 3.60. The summed E-state index contributed by atoms with van der Waals surface area (Å²) in [6.45, 7) is 8.97. The monoisotopic (exact) mass is 232 g/mol. The van der Waals surface area contributed by atoms with Crippen LogP contribution in [0, 0.1) is 5.92 Å². The quantitative estimate of drug-likeness (QED) is 0.701. The zero-order valence-electron chi connectivity index (χ0n) is 10.2. The summed E-state index contributed by atoms with van der Waals surface area (Å²) in [6, 6.07) is 0.154. The first-order valence-electron chi connectivity index (χ1n) is 5.58. The molecule has 0 saturated carbocycles. The molecular formula is C11H24N2OS. The van der Waals surface area contributed by atoms with Gasteiger partial charge in [-0.05, 0) is 26.2 Å². The second-order valence-corrected chi connectivity index (χ2v) is 5.80. The molecule has 0 aromatic heterocycles. The van der Waals surface area contributed by atoms with Crippen LogP contribution in [-0.2, 0) is 4.79 Å². The van der Waals surface area contributed by atoms with Crippen molar-refractivity contribution in [2.24, 2.45) is 11.7 Å². The number of hydrogen-bond donors (Lipinski definition) is 2. The van der Waals surface area contributed by atoms with Crippen LogP contribution in [0.4, 0.5) is 0 Å². The van der Waals surface area contributed by atoms with Crippen LogP contribution < -0.4 is 11.1 Å². The van der Waals surface area contributed by atoms with Gasteiger partial charge in [-0.25, -0.2) is 0 Å². The maximum atomic E-state index is 11.6. The third kappa shape index (κ3) is 8.75. The average molecular weight is 232 g/mol. The Morgan fingerprint density at radius 2 is 1.93 bits per heavy atom. The van der Waals surface area contributed by atoms with Gasteiger partial charge in [-0.15, -0.1) is 11.8 Å². The zero-order chi connectivity index (χ0) is 11.8. The molecule has 0 saturated heterocycles. The van der Waals surface area contributed by atoms with Gasteiger partial charge in [0.2, 0.25) is 5.91 Å². The number of carbonyl (C=O) groups excluding carboxylic acids is 1. The first kappa shape index (κ1) is 14.8. The molecule has 0 aliphatic heterocycles. The molecule has 15 heavy (non-hydrogen) atoms. The van der Waals surface area contributed by atoms with E-state index in [0.717, 1.165) is 18.7 Å². The Bertz CT molecular complexity index is 183. The van der Waals surface area contributed by atoms with Crippen molar-refractivity contribution >= 4 is 17.7 Å². The molecule has 90 valence electrons. The molecule has 0 fully saturated rings. The van der Waals surface area contributed by atoms with Gasteiger partial charge in [0, 0.05) is 18.3 Å². The minimum Gasteiger partial charge on any atom is -0.355 e. The fourth-order valence-electron chi connectivity index (χ4n) is 1.000. The van der Waals surface area contributed by atoms with Crippen molar-refractivity contribution in [2.75, 3.05) is 12.3 Å². The summed E-state index contributed by atoms with van der Waals surface area (Å²) >= 11 is 1.61. The number of thioether (sulfide) groups is 1. The van der Waals surface area contributed by atoms with Crippen LogP contribution in [-0.4, -0.2) is 29.5 Å². The smallest absolute Gasteiger partial charge is 0.232 e. The molecule has 0 radical (unpaired) electrons. The van der Waals surface area contributed by atoms with E-state index >= 15 is 0 Å². The maximum Gasteiger partial charge on any atom is 0.232 e. The Labute approximate surface area is 97.6 Å². The summed E-state index contributed by atoms with van der Waals surface area (Å²) in [6.07, 6.45) is 1.04. The van der Waals surface area contributed by atoms with Crippen LogP contribution >= 0.6 is 11.8 Å². The highest BCUT2D eigenvalue weighted by Gasteiger charge is 2.13. The number of rotatable bonds is 7. The second-order valence-electron chi connectivity index (χ2n) is 4.43. The lowest BCUT2D eigenvalue weighted by Gasteiger charge is -2.13. The number of nitrogens with one attached hydrogen (secondary N) is 1. The Hall–Kier alpha value is -0.220. The number of carbonyl (C=O) groups is 1. The maximum absolute atomic E-state index is 11.6. The highest BCUT2D eigenvalue weighted by atomic mass is 32.2. The van der Waals surface area contributed by atoms with Crippen molar-refractivity contribution < 1.29 is 4.79 Å². The van der Waals surface area contributed by atoms with Crippen molar-refractivity contribution in [3.8, 4) is 0 Å². The molecule has 0 aromatic carbocycles. The third-order valence-electron chi connectivity index (χ3n) is 2.00. The van der Waals surface area contributed by atoms with E-state index in [2.05, 4.69) is 19.2 Å². The average Bonchev–Trinajstić information content (AvgIpc) is 2.13. The summed E-state index contributed by atoms with van der Waals surface area (Å²) in [4.78, 5) is 11.6. The van der Waals surface area contributed by atoms with Crippen molar-refractivity contribution in [3.63, 3.8) is 0 Å². The minimum absolute atomic E-state index is 0.00293. The summed E-state index contributed by atoms with van der Waals surface area (Å²) in [5.41, 5.74) is 5.63. The number of amides is 1. The molecule has 0 aromatic rings. The molecular weight excluding hydrogens is 208 g/mol. The molecule has 0 spiro atoms. The molecule has 3 nitrogen and oxygen atoms in total. The number of nitrogens with two attached hydrogens (primary N) is 1. The molecule has 0 heterocycles. The normalized spacial score (nSPS) is 15.1. The topological polar surface area (TPSA) is 55.1 Å². The molecule has 4 heteroatoms. The molecule has 3 N–H and O–H groups in total. The molecule has 0 bridgehead atoms. The van der Waals surface area contributed by atoms with Crippen LogP contribution in [0.1, 0.15) is 34.1 Å². The standard InChI is InChI=1S/C11H24N2OS/c1-8(2)5-6-13-11(14)10(4)15-7-9(3)12/h8-10H,5-7,12H2,1-4H3,(H,13,14). The van der Waals surface area contributed by atoms with E-state index < -0.39 is 0 Å². The molecule has 0 rings (SSSR count). The van der Waals surface area contributed by atoms with Crippen LogP contribution in [0.5, 0.6) is 0 Å². The van der Waals surface area contributed by atoms with E-state index in [1.165, 1.54) is 0 Å². The molecule has 2 unspecified atom stereocenters. The van der Waals surface area contributed by atoms with E-state index in [1.54, 1.807) is 11.8 Å². The Kier molecular flexibility index (Phi) is 7.88. The molecule has 2 atom stereocenters. The first-order valence-corrected chi connectivity index (χ1v) is 6.63. The lowest BCUT2D eigenvalue weighted by atomic mass is 10.1. The van der Waals surface area contributed by atoms with Gasteiger partial charge in [-0.2, -0.15) is 0 Å². The van der Waals surface area contributed by atoms with E-state index in [9.17, 15) is 4.79 Å². The molecule has 1 amide bonds. The molecule has 0 aliphatic carbocycles. The van der Waals surface area contributed by atoms with Gasteiger partial charge in [-0.1, -0.05) is 13.8 Å². The highest BCUT2D eigenvalue weighted by molar-refractivity contribution is 8.00. The van der Waals surface area contributed by atoms with Gasteiger partial charge >= 0.3 is 0 Å². The highest BCUT2D eigenvalue weighted by Crippen LogP contribution is 2.11. The fraction of sp³-hybridized carbons (Fsp3) is 0.909. The predicted octanol–water partition coefficient (Wildman–Crippen LogP) is 1.62. The second kappa shape index (κ2) is 7.99. The molecule has 0 aliphatic rings. The van der Waals surface area contributed by atoms with E-state index in [0.29, 0.717) is 5.92 Å². The SMILES string of the molecule is CC(C)CCNC(=O)C(C)SCC(C)N. The van der Waals surface area contributed by atoms with Gasteiger partial charge in [0.1, 0.15) is 0 Å². The van der Waals surface area contributed by atoms with Gasteiger partial charge < -0.3 is 11.1 Å². The zero-order valence-corrected chi connectivity index (χ0v) is 11.1. The van der Waals surface area contributed by atoms with Crippen LogP contribution in [0.15, 0.2) is 0 Å². The van der Waals surface area contributed by atoms with E-state index in [1.807, 2.05) is 13.8 Å². The van der Waals surface area contributed by atoms with Crippen molar-refractivity contribution in [3.05, 3.63) is 0 Å². The lowest BCUT2D eigenvalue weighted by Crippen LogP contribution is -2.33. The van der Waals surface area contributed by atoms with Gasteiger partial charge in [0.15, 0.2) is 0 Å². The summed E-state index contributed by atoms with van der Waals surface area (Å²) in [7, 11) is 0. The Morgan fingerprint density at radius 1 is 1.33 bits per heavy atom. The van der Waals surface area contributed by atoms with E-state index in [4.69, 9.17) is 5.73 Å². The van der Waals surface area contributed by atoms with Crippen LogP contribution in [0.25, 0.3) is 0 Å². The fourth-order valence-corrected chi connectivity index (χ4v) is 1.83. The summed E-state index contributed by atoms with van der Waals surface area (Å²) < 4.78 is 0. The van der Waals surface area contributed by atoms with Gasteiger partial charge in [0.05, 0.1) is 5.25 Å². The lowest BCUT2D eigenvalue weighted by molar-refractivity contribution is -0.120.